The molecule has 3 atom stereocenters. The number of aliphatic hydroxyl groups is 1. The molecule has 2 aromatic rings. The van der Waals surface area contributed by atoms with Gasteiger partial charge in [0.25, 0.3) is 0 Å². The minimum atomic E-state index is -0.367. The summed E-state index contributed by atoms with van der Waals surface area (Å²) in [5.74, 6) is 0.999. The second-order valence-electron chi connectivity index (χ2n) is 5.48. The highest BCUT2D eigenvalue weighted by molar-refractivity contribution is 5.41. The minimum absolute atomic E-state index is 0.0400. The Morgan fingerprint density at radius 3 is 2.55 bits per heavy atom. The summed E-state index contributed by atoms with van der Waals surface area (Å²) in [7, 11) is 0. The van der Waals surface area contributed by atoms with Crippen molar-refractivity contribution in [1.29, 1.82) is 0 Å². The van der Waals surface area contributed by atoms with Crippen molar-refractivity contribution in [1.82, 2.24) is 0 Å². The van der Waals surface area contributed by atoms with Gasteiger partial charge in [-0.2, -0.15) is 0 Å². The van der Waals surface area contributed by atoms with E-state index in [0.29, 0.717) is 0 Å². The SMILES string of the molecule is C[C@H]1Oc2ccccc2[C@H]1[C@H](O)CCc1ccccc1. The first-order valence-electron chi connectivity index (χ1n) is 7.23. The number of hydrogen-bond acceptors (Lipinski definition) is 2. The van der Waals surface area contributed by atoms with Crippen LogP contribution in [-0.2, 0) is 6.42 Å². The Morgan fingerprint density at radius 1 is 1.05 bits per heavy atom. The van der Waals surface area contributed by atoms with Gasteiger partial charge in [-0.25, -0.2) is 0 Å². The summed E-state index contributed by atoms with van der Waals surface area (Å²) >= 11 is 0. The van der Waals surface area contributed by atoms with E-state index in [2.05, 4.69) is 18.2 Å². The molecule has 0 unspecified atom stereocenters. The van der Waals surface area contributed by atoms with Crippen molar-refractivity contribution in [2.75, 3.05) is 0 Å². The lowest BCUT2D eigenvalue weighted by Gasteiger charge is -2.21. The predicted molar refractivity (Wildman–Crippen MR) is 80.0 cm³/mol. The van der Waals surface area contributed by atoms with Gasteiger partial charge in [0.1, 0.15) is 11.9 Å². The number of rotatable bonds is 4. The van der Waals surface area contributed by atoms with E-state index in [1.807, 2.05) is 43.3 Å². The van der Waals surface area contributed by atoms with E-state index in [1.54, 1.807) is 0 Å². The number of benzene rings is 2. The Hall–Kier alpha value is -1.80. The first-order valence-corrected chi connectivity index (χ1v) is 7.23. The van der Waals surface area contributed by atoms with Crippen LogP contribution in [0.5, 0.6) is 5.75 Å². The van der Waals surface area contributed by atoms with Gasteiger partial charge in [0.2, 0.25) is 0 Å². The molecule has 1 heterocycles. The van der Waals surface area contributed by atoms with Gasteiger partial charge in [0.15, 0.2) is 0 Å². The van der Waals surface area contributed by atoms with Crippen molar-refractivity contribution in [2.24, 2.45) is 0 Å². The van der Waals surface area contributed by atoms with Crippen LogP contribution in [0.3, 0.4) is 0 Å². The van der Waals surface area contributed by atoms with Gasteiger partial charge >= 0.3 is 0 Å². The van der Waals surface area contributed by atoms with Gasteiger partial charge in [-0.3, -0.25) is 0 Å². The highest BCUT2D eigenvalue weighted by Crippen LogP contribution is 2.40. The molecule has 0 bridgehead atoms. The lowest BCUT2D eigenvalue weighted by molar-refractivity contribution is 0.0901. The van der Waals surface area contributed by atoms with E-state index in [4.69, 9.17) is 4.74 Å². The van der Waals surface area contributed by atoms with Gasteiger partial charge in [-0.05, 0) is 31.4 Å². The fourth-order valence-corrected chi connectivity index (χ4v) is 3.05. The first-order chi connectivity index (χ1) is 9.75. The second-order valence-corrected chi connectivity index (χ2v) is 5.48. The summed E-state index contributed by atoms with van der Waals surface area (Å²) in [4.78, 5) is 0. The van der Waals surface area contributed by atoms with Gasteiger partial charge in [0, 0.05) is 5.56 Å². The molecular formula is C18H20O2. The molecule has 20 heavy (non-hydrogen) atoms. The van der Waals surface area contributed by atoms with Crippen LogP contribution in [0, 0.1) is 0 Å². The third kappa shape index (κ3) is 2.56. The predicted octanol–water partition coefficient (Wildman–Crippen LogP) is 3.54. The molecule has 0 spiro atoms. The molecule has 0 saturated heterocycles. The van der Waals surface area contributed by atoms with Crippen molar-refractivity contribution in [3.63, 3.8) is 0 Å². The number of para-hydroxylation sites is 1. The molecule has 1 N–H and O–H groups in total. The fraction of sp³-hybridized carbons (Fsp3) is 0.333. The van der Waals surface area contributed by atoms with Crippen molar-refractivity contribution in [3.8, 4) is 5.75 Å². The second kappa shape index (κ2) is 5.68. The molecule has 2 heteroatoms. The van der Waals surface area contributed by atoms with Crippen LogP contribution in [0.1, 0.15) is 30.4 Å². The lowest BCUT2D eigenvalue weighted by atomic mass is 9.87. The van der Waals surface area contributed by atoms with Gasteiger partial charge in [0.05, 0.1) is 12.0 Å². The van der Waals surface area contributed by atoms with Gasteiger partial charge in [-0.15, -0.1) is 0 Å². The Bertz CT molecular complexity index is 565. The van der Waals surface area contributed by atoms with E-state index >= 15 is 0 Å². The Balaban J connectivity index is 1.70. The molecule has 1 aliphatic heterocycles. The highest BCUT2D eigenvalue weighted by atomic mass is 16.5. The van der Waals surface area contributed by atoms with Gasteiger partial charge in [-0.1, -0.05) is 48.5 Å². The van der Waals surface area contributed by atoms with Crippen LogP contribution in [0.2, 0.25) is 0 Å². The van der Waals surface area contributed by atoms with Crippen molar-refractivity contribution < 1.29 is 9.84 Å². The van der Waals surface area contributed by atoms with Crippen molar-refractivity contribution in [3.05, 3.63) is 65.7 Å². The topological polar surface area (TPSA) is 29.5 Å². The van der Waals surface area contributed by atoms with Crippen LogP contribution in [0.25, 0.3) is 0 Å². The van der Waals surface area contributed by atoms with Crippen LogP contribution in [0.4, 0.5) is 0 Å². The van der Waals surface area contributed by atoms with E-state index in [-0.39, 0.29) is 18.1 Å². The normalized spacial score (nSPS) is 22.1. The number of hydrogen-bond donors (Lipinski definition) is 1. The molecule has 0 fully saturated rings. The zero-order valence-electron chi connectivity index (χ0n) is 11.7. The summed E-state index contributed by atoms with van der Waals surface area (Å²) in [5, 5.41) is 10.5. The molecular weight excluding hydrogens is 248 g/mol. The highest BCUT2D eigenvalue weighted by Gasteiger charge is 2.35. The molecule has 0 radical (unpaired) electrons. The van der Waals surface area contributed by atoms with Crippen LogP contribution < -0.4 is 4.74 Å². The van der Waals surface area contributed by atoms with E-state index in [9.17, 15) is 5.11 Å². The molecule has 3 rings (SSSR count). The average Bonchev–Trinajstić information content (AvgIpc) is 2.82. The number of fused-ring (bicyclic) bond motifs is 1. The molecule has 2 aromatic carbocycles. The molecule has 1 aliphatic rings. The standard InChI is InChI=1S/C18H20O2/c1-13-18(15-9-5-6-10-17(15)20-13)16(19)12-11-14-7-3-2-4-8-14/h2-10,13,16,18-19H,11-12H2,1H3/t13-,16-,18+/m1/s1. The number of ether oxygens (including phenoxy) is 1. The molecule has 0 aromatic heterocycles. The zero-order valence-corrected chi connectivity index (χ0v) is 11.7. The lowest BCUT2D eigenvalue weighted by Crippen LogP contribution is -2.27. The summed E-state index contributed by atoms with van der Waals surface area (Å²) in [6, 6.07) is 18.3. The molecule has 0 saturated carbocycles. The number of aliphatic hydroxyl groups excluding tert-OH is 1. The van der Waals surface area contributed by atoms with Crippen LogP contribution >= 0.6 is 0 Å². The largest absolute Gasteiger partial charge is 0.490 e. The zero-order chi connectivity index (χ0) is 13.9. The van der Waals surface area contributed by atoms with Gasteiger partial charge < -0.3 is 9.84 Å². The fourth-order valence-electron chi connectivity index (χ4n) is 3.05. The van der Waals surface area contributed by atoms with Crippen molar-refractivity contribution in [2.45, 2.75) is 37.9 Å². The Morgan fingerprint density at radius 2 is 1.75 bits per heavy atom. The Labute approximate surface area is 120 Å². The van der Waals surface area contributed by atoms with E-state index < -0.39 is 0 Å². The molecule has 0 amide bonds. The molecule has 0 aliphatic carbocycles. The smallest absolute Gasteiger partial charge is 0.123 e. The monoisotopic (exact) mass is 268 g/mol. The quantitative estimate of drug-likeness (QED) is 0.919. The maximum atomic E-state index is 10.5. The first kappa shape index (κ1) is 13.2. The summed E-state index contributed by atoms with van der Waals surface area (Å²) < 4.78 is 5.83. The summed E-state index contributed by atoms with van der Waals surface area (Å²) in [6.07, 6.45) is 1.33. The maximum absolute atomic E-state index is 10.5. The average molecular weight is 268 g/mol. The maximum Gasteiger partial charge on any atom is 0.123 e. The van der Waals surface area contributed by atoms with Crippen LogP contribution in [-0.4, -0.2) is 17.3 Å². The molecule has 104 valence electrons. The Kier molecular flexibility index (Phi) is 3.75. The third-order valence-corrected chi connectivity index (χ3v) is 4.08. The third-order valence-electron chi connectivity index (χ3n) is 4.08. The minimum Gasteiger partial charge on any atom is -0.490 e. The molecule has 2 nitrogen and oxygen atoms in total. The number of aryl methyl sites for hydroxylation is 1. The summed E-state index contributed by atoms with van der Waals surface area (Å²) in [6.45, 7) is 2.04. The van der Waals surface area contributed by atoms with E-state index in [0.717, 1.165) is 24.2 Å². The summed E-state index contributed by atoms with van der Waals surface area (Å²) in [5.41, 5.74) is 2.41. The van der Waals surface area contributed by atoms with E-state index in [1.165, 1.54) is 5.56 Å². The van der Waals surface area contributed by atoms with Crippen LogP contribution in [0.15, 0.2) is 54.6 Å². The van der Waals surface area contributed by atoms with Crippen molar-refractivity contribution >= 4 is 0 Å².